The Balaban J connectivity index is 1.55. The summed E-state index contributed by atoms with van der Waals surface area (Å²) in [6.07, 6.45) is -4.69. The first-order valence-corrected chi connectivity index (χ1v) is 11.4. The molecule has 0 aliphatic carbocycles. The van der Waals surface area contributed by atoms with E-state index >= 15 is 0 Å². The monoisotopic (exact) mass is 537 g/mol. The van der Waals surface area contributed by atoms with Crippen LogP contribution in [0.25, 0.3) is 0 Å². The Labute approximate surface area is 208 Å². The highest BCUT2D eigenvalue weighted by Crippen LogP contribution is 2.50. The number of nitrogens with zero attached hydrogens (tertiary/aromatic N) is 1. The van der Waals surface area contributed by atoms with Crippen LogP contribution < -0.4 is 15.7 Å². The molecular formula is C21H17Cl3F3N3O2S. The van der Waals surface area contributed by atoms with Crippen LogP contribution in [-0.4, -0.2) is 42.8 Å². The van der Waals surface area contributed by atoms with Crippen LogP contribution in [0.2, 0.25) is 15.1 Å². The molecule has 2 N–H and O–H groups in total. The molecule has 33 heavy (non-hydrogen) atoms. The van der Waals surface area contributed by atoms with Gasteiger partial charge < -0.3 is 10.2 Å². The maximum Gasteiger partial charge on any atom is 0.400 e. The summed E-state index contributed by atoms with van der Waals surface area (Å²) in [6.45, 7) is 0.0223. The molecule has 2 fully saturated rings. The molecule has 4 rings (SSSR count). The van der Waals surface area contributed by atoms with E-state index in [0.717, 1.165) is 0 Å². The Morgan fingerprint density at radius 2 is 1.82 bits per heavy atom. The van der Waals surface area contributed by atoms with E-state index in [0.29, 0.717) is 16.2 Å². The smallest absolute Gasteiger partial charge is 0.370 e. The summed E-state index contributed by atoms with van der Waals surface area (Å²) in [5.41, 5.74) is 1.31. The third-order valence-corrected chi connectivity index (χ3v) is 7.44. The van der Waals surface area contributed by atoms with Crippen LogP contribution in [0.5, 0.6) is 0 Å². The van der Waals surface area contributed by atoms with Gasteiger partial charge in [0.1, 0.15) is 23.1 Å². The van der Waals surface area contributed by atoms with E-state index in [1.165, 1.54) is 12.1 Å². The van der Waals surface area contributed by atoms with Gasteiger partial charge in [0.05, 0.1) is 15.1 Å². The van der Waals surface area contributed by atoms with Gasteiger partial charge in [-0.05, 0) is 48.4 Å². The summed E-state index contributed by atoms with van der Waals surface area (Å²) >= 11 is 23.3. The number of anilines is 1. The maximum absolute atomic E-state index is 14.3. The average Bonchev–Trinajstić information content (AvgIpc) is 3.39. The van der Waals surface area contributed by atoms with Crippen molar-refractivity contribution >= 4 is 63.6 Å². The molecule has 12 heteroatoms. The number of hydrogen-bond donors (Lipinski definition) is 2. The number of halogens is 6. The van der Waals surface area contributed by atoms with Crippen molar-refractivity contribution in [3.8, 4) is 0 Å². The van der Waals surface area contributed by atoms with E-state index in [9.17, 15) is 18.0 Å². The van der Waals surface area contributed by atoms with Crippen LogP contribution in [0.3, 0.4) is 0 Å². The second kappa shape index (κ2) is 9.11. The molecule has 2 aromatic rings. The van der Waals surface area contributed by atoms with E-state index in [4.69, 9.17) is 51.9 Å². The molecule has 2 atom stereocenters. The van der Waals surface area contributed by atoms with Gasteiger partial charge in [-0.1, -0.05) is 47.0 Å². The molecule has 0 spiro atoms. The number of rotatable bonds is 4. The molecule has 0 radical (unpaired) electrons. The standard InChI is InChI=1S/C21H17Cl3F3N3O2S/c22-14-7-12(8-15(23)17(14)24)20(21(25,26)27)5-6-30(10-20)13-3-1-11(2-4-13)19(33)28-16-9-32-29-18(16)31/h1-4,7-8,16H,5-6,9-10H2,(H,28,33)(H,29,31). The van der Waals surface area contributed by atoms with E-state index in [2.05, 4.69) is 10.8 Å². The quantitative estimate of drug-likeness (QED) is 0.421. The van der Waals surface area contributed by atoms with Gasteiger partial charge in [-0.2, -0.15) is 13.2 Å². The number of thiocarbonyl (C=S) groups is 1. The molecule has 2 saturated heterocycles. The average molecular weight is 539 g/mol. The summed E-state index contributed by atoms with van der Waals surface area (Å²) in [7, 11) is 0. The fourth-order valence-electron chi connectivity index (χ4n) is 4.01. The highest BCUT2D eigenvalue weighted by molar-refractivity contribution is 7.80. The lowest BCUT2D eigenvalue weighted by molar-refractivity contribution is -0.184. The van der Waals surface area contributed by atoms with Gasteiger partial charge in [-0.25, -0.2) is 5.48 Å². The van der Waals surface area contributed by atoms with Crippen molar-refractivity contribution in [1.82, 2.24) is 10.8 Å². The summed E-state index contributed by atoms with van der Waals surface area (Å²) in [6, 6.07) is 8.67. The Morgan fingerprint density at radius 3 is 2.36 bits per heavy atom. The topological polar surface area (TPSA) is 53.6 Å². The molecule has 2 aliphatic heterocycles. The van der Waals surface area contributed by atoms with Crippen molar-refractivity contribution in [2.45, 2.75) is 24.1 Å². The van der Waals surface area contributed by atoms with Crippen LogP contribution >= 0.6 is 47.0 Å². The number of hydrogen-bond acceptors (Lipinski definition) is 4. The predicted molar refractivity (Wildman–Crippen MR) is 125 cm³/mol. The number of alkyl halides is 3. The summed E-state index contributed by atoms with van der Waals surface area (Å²) < 4.78 is 43.0. The third-order valence-electron chi connectivity index (χ3n) is 5.89. The molecular weight excluding hydrogens is 522 g/mol. The minimum absolute atomic E-state index is 0.0176. The van der Waals surface area contributed by atoms with Crippen LogP contribution in [0.1, 0.15) is 17.5 Å². The number of benzene rings is 2. The van der Waals surface area contributed by atoms with Crippen molar-refractivity contribution in [3.05, 3.63) is 62.6 Å². The van der Waals surface area contributed by atoms with E-state index in [1.807, 2.05) is 0 Å². The minimum Gasteiger partial charge on any atom is -0.370 e. The molecule has 176 valence electrons. The van der Waals surface area contributed by atoms with Gasteiger partial charge in [0.25, 0.3) is 5.91 Å². The molecule has 2 aromatic carbocycles. The minimum atomic E-state index is -4.53. The molecule has 0 saturated carbocycles. The van der Waals surface area contributed by atoms with Crippen LogP contribution in [-0.2, 0) is 15.0 Å². The van der Waals surface area contributed by atoms with E-state index in [-0.39, 0.29) is 52.7 Å². The van der Waals surface area contributed by atoms with Crippen molar-refractivity contribution in [2.24, 2.45) is 0 Å². The highest BCUT2D eigenvalue weighted by Gasteiger charge is 2.59. The lowest BCUT2D eigenvalue weighted by atomic mass is 9.79. The SMILES string of the molecule is O=C1NOCC1NC(=S)c1ccc(N2CCC(c3cc(Cl)c(Cl)c(Cl)c3)(C(F)(F)F)C2)cc1. The van der Waals surface area contributed by atoms with Crippen molar-refractivity contribution in [2.75, 3.05) is 24.6 Å². The lowest BCUT2D eigenvalue weighted by Crippen LogP contribution is -2.45. The van der Waals surface area contributed by atoms with E-state index in [1.54, 1.807) is 29.2 Å². The number of nitrogens with one attached hydrogen (secondary N) is 2. The van der Waals surface area contributed by atoms with Crippen LogP contribution in [0.15, 0.2) is 36.4 Å². The maximum atomic E-state index is 14.3. The fourth-order valence-corrected chi connectivity index (χ4v) is 4.88. The van der Waals surface area contributed by atoms with Gasteiger partial charge in [0.2, 0.25) is 0 Å². The first-order valence-electron chi connectivity index (χ1n) is 9.81. The Morgan fingerprint density at radius 1 is 1.18 bits per heavy atom. The molecule has 2 aliphatic rings. The van der Waals surface area contributed by atoms with Gasteiger partial charge >= 0.3 is 6.18 Å². The predicted octanol–water partition coefficient (Wildman–Crippen LogP) is 5.05. The zero-order valence-electron chi connectivity index (χ0n) is 16.8. The molecule has 5 nitrogen and oxygen atoms in total. The van der Waals surface area contributed by atoms with Crippen LogP contribution in [0.4, 0.5) is 18.9 Å². The first-order chi connectivity index (χ1) is 15.5. The summed E-state index contributed by atoms with van der Waals surface area (Å²) in [4.78, 5) is 18.5. The number of amides is 1. The zero-order valence-corrected chi connectivity index (χ0v) is 19.9. The van der Waals surface area contributed by atoms with Gasteiger partial charge in [-0.15, -0.1) is 0 Å². The Kier molecular flexibility index (Phi) is 6.72. The highest BCUT2D eigenvalue weighted by atomic mass is 35.5. The first kappa shape index (κ1) is 24.3. The Bertz CT molecular complexity index is 1080. The second-order valence-electron chi connectivity index (χ2n) is 7.86. The largest absolute Gasteiger partial charge is 0.400 e. The molecule has 2 heterocycles. The van der Waals surface area contributed by atoms with Crippen molar-refractivity contribution in [1.29, 1.82) is 0 Å². The normalized spacial score (nSPS) is 23.0. The van der Waals surface area contributed by atoms with Crippen molar-refractivity contribution < 1.29 is 22.8 Å². The summed E-state index contributed by atoms with van der Waals surface area (Å²) in [5, 5.41) is 2.88. The number of carbonyl (C=O) groups is 1. The summed E-state index contributed by atoms with van der Waals surface area (Å²) in [5.74, 6) is -0.322. The number of carbonyl (C=O) groups excluding carboxylic acids is 1. The van der Waals surface area contributed by atoms with E-state index < -0.39 is 17.6 Å². The number of hydroxylamine groups is 1. The Hall–Kier alpha value is -1.78. The van der Waals surface area contributed by atoms with Gasteiger partial charge in [0, 0.05) is 24.3 Å². The lowest BCUT2D eigenvalue weighted by Gasteiger charge is -2.33. The zero-order chi connectivity index (χ0) is 24.0. The van der Waals surface area contributed by atoms with Gasteiger partial charge in [-0.3, -0.25) is 9.63 Å². The molecule has 0 bridgehead atoms. The molecule has 1 amide bonds. The van der Waals surface area contributed by atoms with Gasteiger partial charge in [0.15, 0.2) is 0 Å². The third kappa shape index (κ3) is 4.61. The molecule has 2 unspecified atom stereocenters. The fraction of sp³-hybridized carbons (Fsp3) is 0.333. The second-order valence-corrected chi connectivity index (χ2v) is 9.46. The van der Waals surface area contributed by atoms with Crippen LogP contribution in [0, 0.1) is 0 Å². The van der Waals surface area contributed by atoms with Crippen molar-refractivity contribution in [3.63, 3.8) is 0 Å². The molecule has 0 aromatic heterocycles.